The summed E-state index contributed by atoms with van der Waals surface area (Å²) in [6.07, 6.45) is 3.71. The van der Waals surface area contributed by atoms with E-state index in [0.717, 1.165) is 42.4 Å². The van der Waals surface area contributed by atoms with E-state index in [1.807, 2.05) is 30.5 Å². The van der Waals surface area contributed by atoms with Crippen molar-refractivity contribution in [3.63, 3.8) is 0 Å². The Hall–Kier alpha value is -2.15. The Morgan fingerprint density at radius 3 is 3.00 bits per heavy atom. The summed E-state index contributed by atoms with van der Waals surface area (Å²) in [6.45, 7) is 3.51. The zero-order valence-corrected chi connectivity index (χ0v) is 14.5. The minimum atomic E-state index is -0.182. The first-order chi connectivity index (χ1) is 12.3. The first kappa shape index (κ1) is 16.3. The zero-order chi connectivity index (χ0) is 17.1. The molecule has 0 spiro atoms. The molecule has 1 fully saturated rings. The Balaban J connectivity index is 1.53. The van der Waals surface area contributed by atoms with Crippen molar-refractivity contribution in [1.29, 1.82) is 0 Å². The summed E-state index contributed by atoms with van der Waals surface area (Å²) in [5, 5.41) is 4.35. The van der Waals surface area contributed by atoms with Crippen LogP contribution in [0.2, 0.25) is 0 Å². The summed E-state index contributed by atoms with van der Waals surface area (Å²) in [5.74, 6) is -0.182. The third-order valence-corrected chi connectivity index (χ3v) is 5.39. The third-order valence-electron chi connectivity index (χ3n) is 4.38. The predicted octanol–water partition coefficient (Wildman–Crippen LogP) is 3.49. The lowest BCUT2D eigenvalue weighted by molar-refractivity contribution is 0.155. The van der Waals surface area contributed by atoms with E-state index in [2.05, 4.69) is 20.2 Å². The number of hydrogen-bond donors (Lipinski definition) is 1. The van der Waals surface area contributed by atoms with Gasteiger partial charge in [0.05, 0.1) is 5.69 Å². The van der Waals surface area contributed by atoms with Crippen molar-refractivity contribution in [2.24, 2.45) is 0 Å². The van der Waals surface area contributed by atoms with Gasteiger partial charge in [0.25, 0.3) is 0 Å². The van der Waals surface area contributed by atoms with Crippen LogP contribution in [-0.4, -0.2) is 34.5 Å². The molecule has 6 heteroatoms. The smallest absolute Gasteiger partial charge is 0.142 e. The molecule has 1 aliphatic heterocycles. The molecule has 25 heavy (non-hydrogen) atoms. The number of nitrogens with one attached hydrogen (secondary N) is 1. The SMILES string of the molecule is Fc1cccc(C2CNCCN2Cc2cnc(-c3ccccn3)s2)c1. The van der Waals surface area contributed by atoms with E-state index in [1.54, 1.807) is 29.7 Å². The van der Waals surface area contributed by atoms with Crippen molar-refractivity contribution in [3.8, 4) is 10.7 Å². The zero-order valence-electron chi connectivity index (χ0n) is 13.7. The highest BCUT2D eigenvalue weighted by atomic mass is 32.1. The maximum atomic E-state index is 13.6. The van der Waals surface area contributed by atoms with Crippen molar-refractivity contribution in [2.45, 2.75) is 12.6 Å². The Labute approximate surface area is 150 Å². The highest BCUT2D eigenvalue weighted by molar-refractivity contribution is 7.14. The number of halogens is 1. The fourth-order valence-electron chi connectivity index (χ4n) is 3.17. The number of hydrogen-bond acceptors (Lipinski definition) is 5. The first-order valence-corrected chi connectivity index (χ1v) is 9.17. The van der Waals surface area contributed by atoms with Crippen LogP contribution in [0.5, 0.6) is 0 Å². The number of piperazine rings is 1. The lowest BCUT2D eigenvalue weighted by Gasteiger charge is -2.36. The maximum absolute atomic E-state index is 13.6. The number of nitrogens with zero attached hydrogens (tertiary/aromatic N) is 3. The molecule has 1 unspecified atom stereocenters. The number of pyridine rings is 1. The van der Waals surface area contributed by atoms with Crippen molar-refractivity contribution < 1.29 is 4.39 Å². The lowest BCUT2D eigenvalue weighted by atomic mass is 10.0. The van der Waals surface area contributed by atoms with E-state index < -0.39 is 0 Å². The highest BCUT2D eigenvalue weighted by Crippen LogP contribution is 2.28. The Morgan fingerprint density at radius 2 is 2.16 bits per heavy atom. The average Bonchev–Trinajstić information content (AvgIpc) is 3.11. The van der Waals surface area contributed by atoms with Gasteiger partial charge in [0, 0.05) is 49.5 Å². The van der Waals surface area contributed by atoms with E-state index in [-0.39, 0.29) is 11.9 Å². The molecule has 1 aromatic carbocycles. The largest absolute Gasteiger partial charge is 0.314 e. The van der Waals surface area contributed by atoms with Gasteiger partial charge in [-0.1, -0.05) is 18.2 Å². The molecular formula is C19H19FN4S. The van der Waals surface area contributed by atoms with Crippen LogP contribution in [0.3, 0.4) is 0 Å². The fourth-order valence-corrected chi connectivity index (χ4v) is 4.08. The topological polar surface area (TPSA) is 41.0 Å². The molecule has 1 saturated heterocycles. The molecule has 0 amide bonds. The predicted molar refractivity (Wildman–Crippen MR) is 97.8 cm³/mol. The van der Waals surface area contributed by atoms with Crippen LogP contribution in [0.25, 0.3) is 10.7 Å². The van der Waals surface area contributed by atoms with Gasteiger partial charge in [0.1, 0.15) is 10.8 Å². The summed E-state index contributed by atoms with van der Waals surface area (Å²) in [6, 6.07) is 12.9. The van der Waals surface area contributed by atoms with Crippen LogP contribution in [-0.2, 0) is 6.54 Å². The number of thiazole rings is 1. The van der Waals surface area contributed by atoms with E-state index in [1.165, 1.54) is 10.9 Å². The molecule has 4 nitrogen and oxygen atoms in total. The second-order valence-electron chi connectivity index (χ2n) is 6.09. The molecule has 0 bridgehead atoms. The molecule has 1 aliphatic rings. The van der Waals surface area contributed by atoms with Crippen molar-refractivity contribution in [3.05, 3.63) is 71.1 Å². The van der Waals surface area contributed by atoms with E-state index in [9.17, 15) is 4.39 Å². The standard InChI is InChI=1S/C19H19FN4S/c20-15-5-3-4-14(10-15)18-12-21-8-9-24(18)13-16-11-23-19(25-16)17-6-1-2-7-22-17/h1-7,10-11,18,21H,8-9,12-13H2. The Morgan fingerprint density at radius 1 is 1.20 bits per heavy atom. The highest BCUT2D eigenvalue weighted by Gasteiger charge is 2.24. The molecule has 128 valence electrons. The molecule has 0 saturated carbocycles. The molecule has 1 atom stereocenters. The summed E-state index contributed by atoms with van der Waals surface area (Å²) in [5.41, 5.74) is 1.92. The summed E-state index contributed by atoms with van der Waals surface area (Å²) < 4.78 is 13.6. The van der Waals surface area contributed by atoms with Crippen molar-refractivity contribution in [1.82, 2.24) is 20.2 Å². The molecule has 3 heterocycles. The van der Waals surface area contributed by atoms with Gasteiger partial charge in [-0.15, -0.1) is 11.3 Å². The van der Waals surface area contributed by atoms with Gasteiger partial charge >= 0.3 is 0 Å². The molecular weight excluding hydrogens is 335 g/mol. The summed E-state index contributed by atoms with van der Waals surface area (Å²) >= 11 is 1.67. The average molecular weight is 354 g/mol. The molecule has 1 N–H and O–H groups in total. The lowest BCUT2D eigenvalue weighted by Crippen LogP contribution is -2.45. The number of aromatic nitrogens is 2. The Kier molecular flexibility index (Phi) is 4.83. The van der Waals surface area contributed by atoms with E-state index in [0.29, 0.717) is 0 Å². The molecule has 3 aromatic rings. The second-order valence-corrected chi connectivity index (χ2v) is 7.21. The number of benzene rings is 1. The monoisotopic (exact) mass is 354 g/mol. The molecule has 2 aromatic heterocycles. The summed E-state index contributed by atoms with van der Waals surface area (Å²) in [7, 11) is 0. The minimum Gasteiger partial charge on any atom is -0.314 e. The fraction of sp³-hybridized carbons (Fsp3) is 0.263. The van der Waals surface area contributed by atoms with Crippen molar-refractivity contribution in [2.75, 3.05) is 19.6 Å². The van der Waals surface area contributed by atoms with Crippen LogP contribution >= 0.6 is 11.3 Å². The number of rotatable bonds is 4. The second kappa shape index (κ2) is 7.39. The van der Waals surface area contributed by atoms with Crippen LogP contribution in [0.1, 0.15) is 16.5 Å². The van der Waals surface area contributed by atoms with Gasteiger partial charge in [0.15, 0.2) is 0 Å². The van der Waals surface area contributed by atoms with Crippen molar-refractivity contribution >= 4 is 11.3 Å². The minimum absolute atomic E-state index is 0.171. The van der Waals surface area contributed by atoms with Crippen LogP contribution in [0.4, 0.5) is 4.39 Å². The third kappa shape index (κ3) is 3.76. The maximum Gasteiger partial charge on any atom is 0.142 e. The van der Waals surface area contributed by atoms with Gasteiger partial charge in [-0.2, -0.15) is 0 Å². The van der Waals surface area contributed by atoms with Gasteiger partial charge < -0.3 is 5.32 Å². The molecule has 0 radical (unpaired) electrons. The normalized spacial score (nSPS) is 18.4. The van der Waals surface area contributed by atoms with Gasteiger partial charge in [-0.25, -0.2) is 9.37 Å². The van der Waals surface area contributed by atoms with E-state index >= 15 is 0 Å². The van der Waals surface area contributed by atoms with Gasteiger partial charge in [-0.05, 0) is 29.8 Å². The molecule has 4 rings (SSSR count). The molecule has 0 aliphatic carbocycles. The summed E-state index contributed by atoms with van der Waals surface area (Å²) in [4.78, 5) is 12.5. The van der Waals surface area contributed by atoms with Crippen LogP contribution in [0.15, 0.2) is 54.9 Å². The Bertz CT molecular complexity index is 836. The quantitative estimate of drug-likeness (QED) is 0.779. The van der Waals surface area contributed by atoms with Crippen LogP contribution in [0, 0.1) is 5.82 Å². The van der Waals surface area contributed by atoms with E-state index in [4.69, 9.17) is 0 Å². The van der Waals surface area contributed by atoms with Gasteiger partial charge in [0.2, 0.25) is 0 Å². The first-order valence-electron chi connectivity index (χ1n) is 8.36. The van der Waals surface area contributed by atoms with Crippen LogP contribution < -0.4 is 5.32 Å². The van der Waals surface area contributed by atoms with Gasteiger partial charge in [-0.3, -0.25) is 9.88 Å².